The molecule has 2 aromatic heterocycles. The summed E-state index contributed by atoms with van der Waals surface area (Å²) < 4.78 is 2.05. The van der Waals surface area contributed by atoms with E-state index in [1.807, 2.05) is 53.7 Å². The zero-order chi connectivity index (χ0) is 27.1. The third-order valence-corrected chi connectivity index (χ3v) is 7.60. The van der Waals surface area contributed by atoms with E-state index < -0.39 is 5.91 Å². The molecule has 4 aromatic rings. The summed E-state index contributed by atoms with van der Waals surface area (Å²) in [7, 11) is 0. The first-order valence-electron chi connectivity index (χ1n) is 13.8. The summed E-state index contributed by atoms with van der Waals surface area (Å²) in [6.45, 7) is 6.68. The van der Waals surface area contributed by atoms with E-state index in [2.05, 4.69) is 29.6 Å². The van der Waals surface area contributed by atoms with E-state index in [-0.39, 0.29) is 5.91 Å². The standard InChI is InChI=1S/C31H34N6O2/c1-19(2)16-33-29-30-34-17-27(22-10-11-24(28(32)38)25(15-22)20-8-9-20)37(30)18-26(35-29)21-6-5-7-23(14-21)31(39)36-12-3-4-13-36/h5-7,10-11,14-15,17-20H,3-4,8-9,12-13,16H2,1-2H3,(H2,32,38)(H,33,35). The molecule has 1 aliphatic carbocycles. The molecule has 3 heterocycles. The maximum Gasteiger partial charge on any atom is 0.253 e. The molecular weight excluding hydrogens is 488 g/mol. The van der Waals surface area contributed by atoms with E-state index in [1.54, 1.807) is 0 Å². The molecule has 8 nitrogen and oxygen atoms in total. The molecule has 1 aliphatic heterocycles. The van der Waals surface area contributed by atoms with E-state index in [9.17, 15) is 9.59 Å². The summed E-state index contributed by atoms with van der Waals surface area (Å²) in [4.78, 5) is 36.8. The number of fused-ring (bicyclic) bond motifs is 1. The number of anilines is 1. The van der Waals surface area contributed by atoms with Crippen LogP contribution in [0.1, 0.15) is 71.7 Å². The Bertz CT molecular complexity index is 1560. The van der Waals surface area contributed by atoms with Gasteiger partial charge in [-0.05, 0) is 67.3 Å². The van der Waals surface area contributed by atoms with E-state index in [4.69, 9.17) is 15.7 Å². The van der Waals surface area contributed by atoms with Crippen molar-refractivity contribution in [2.45, 2.75) is 45.4 Å². The Hall–Kier alpha value is -4.20. The van der Waals surface area contributed by atoms with Crippen molar-refractivity contribution in [1.29, 1.82) is 0 Å². The number of rotatable bonds is 8. The molecule has 6 rings (SSSR count). The molecular formula is C31H34N6O2. The summed E-state index contributed by atoms with van der Waals surface area (Å²) in [5.41, 5.74) is 12.2. The predicted octanol–water partition coefficient (Wildman–Crippen LogP) is 5.34. The summed E-state index contributed by atoms with van der Waals surface area (Å²) in [6.07, 6.45) is 8.09. The number of aromatic nitrogens is 3. The largest absolute Gasteiger partial charge is 0.367 e. The van der Waals surface area contributed by atoms with Crippen LogP contribution in [0.15, 0.2) is 54.9 Å². The highest BCUT2D eigenvalue weighted by molar-refractivity contribution is 5.96. The van der Waals surface area contributed by atoms with Gasteiger partial charge in [-0.3, -0.25) is 14.0 Å². The number of benzene rings is 2. The number of nitrogens with two attached hydrogens (primary N) is 1. The van der Waals surface area contributed by atoms with Gasteiger partial charge in [0.25, 0.3) is 5.91 Å². The van der Waals surface area contributed by atoms with Crippen molar-refractivity contribution in [3.8, 4) is 22.5 Å². The summed E-state index contributed by atoms with van der Waals surface area (Å²) in [6, 6.07) is 13.6. The molecule has 0 bridgehead atoms. The second-order valence-electron chi connectivity index (χ2n) is 11.1. The molecule has 0 radical (unpaired) electrons. The molecule has 3 N–H and O–H groups in total. The van der Waals surface area contributed by atoms with Crippen LogP contribution in [-0.4, -0.2) is 50.7 Å². The van der Waals surface area contributed by atoms with Crippen molar-refractivity contribution in [3.63, 3.8) is 0 Å². The molecule has 0 unspecified atom stereocenters. The van der Waals surface area contributed by atoms with Crippen LogP contribution in [0, 0.1) is 5.92 Å². The number of carbonyl (C=O) groups excluding carboxylic acids is 2. The van der Waals surface area contributed by atoms with Crippen molar-refractivity contribution >= 4 is 23.3 Å². The monoisotopic (exact) mass is 522 g/mol. The Balaban J connectivity index is 1.45. The van der Waals surface area contributed by atoms with Crippen LogP contribution in [0.25, 0.3) is 28.2 Å². The molecule has 1 saturated heterocycles. The number of carbonyl (C=O) groups is 2. The fourth-order valence-electron chi connectivity index (χ4n) is 5.35. The third-order valence-electron chi connectivity index (χ3n) is 7.60. The second kappa shape index (κ2) is 10.2. The fraction of sp³-hybridized carbons (Fsp3) is 0.355. The van der Waals surface area contributed by atoms with Gasteiger partial charge in [-0.25, -0.2) is 9.97 Å². The molecule has 2 amide bonds. The zero-order valence-electron chi connectivity index (χ0n) is 22.5. The maximum atomic E-state index is 13.1. The number of nitrogens with one attached hydrogen (secondary N) is 1. The van der Waals surface area contributed by atoms with Crippen molar-refractivity contribution < 1.29 is 9.59 Å². The van der Waals surface area contributed by atoms with Crippen molar-refractivity contribution in [2.75, 3.05) is 25.0 Å². The number of likely N-dealkylation sites (tertiary alicyclic amines) is 1. The maximum absolute atomic E-state index is 13.1. The van der Waals surface area contributed by atoms with Gasteiger partial charge in [-0.1, -0.05) is 32.0 Å². The Morgan fingerprint density at radius 1 is 1.08 bits per heavy atom. The van der Waals surface area contributed by atoms with Gasteiger partial charge in [-0.15, -0.1) is 0 Å². The van der Waals surface area contributed by atoms with Gasteiger partial charge in [0.15, 0.2) is 11.5 Å². The minimum atomic E-state index is -0.392. The first-order valence-corrected chi connectivity index (χ1v) is 13.8. The van der Waals surface area contributed by atoms with Gasteiger partial charge < -0.3 is 16.0 Å². The average Bonchev–Trinajstić information content (AvgIpc) is 3.46. The molecule has 2 aromatic carbocycles. The van der Waals surface area contributed by atoms with Gasteiger partial charge in [0.1, 0.15) is 0 Å². The van der Waals surface area contributed by atoms with Gasteiger partial charge in [0, 0.05) is 48.1 Å². The molecule has 39 heavy (non-hydrogen) atoms. The number of imidazole rings is 1. The van der Waals surface area contributed by atoms with E-state index >= 15 is 0 Å². The minimum Gasteiger partial charge on any atom is -0.367 e. The molecule has 200 valence electrons. The Morgan fingerprint density at radius 3 is 2.59 bits per heavy atom. The number of nitrogens with zero attached hydrogens (tertiary/aromatic N) is 4. The molecule has 1 saturated carbocycles. The topological polar surface area (TPSA) is 106 Å². The lowest BCUT2D eigenvalue weighted by atomic mass is 9.98. The lowest BCUT2D eigenvalue weighted by molar-refractivity contribution is 0.0792. The van der Waals surface area contributed by atoms with Crippen LogP contribution in [0.3, 0.4) is 0 Å². The van der Waals surface area contributed by atoms with E-state index in [0.717, 1.165) is 79.0 Å². The Labute approximate surface area is 228 Å². The van der Waals surface area contributed by atoms with Gasteiger partial charge in [0.05, 0.1) is 17.6 Å². The van der Waals surface area contributed by atoms with Crippen LogP contribution >= 0.6 is 0 Å². The third kappa shape index (κ3) is 4.99. The Kier molecular flexibility index (Phi) is 6.54. The van der Waals surface area contributed by atoms with E-state index in [1.165, 1.54) is 0 Å². The SMILES string of the molecule is CC(C)CNc1nc(-c2cccc(C(=O)N3CCCC3)c2)cn2c(-c3ccc(C(N)=O)c(C4CC4)c3)cnc12. The first kappa shape index (κ1) is 25.1. The van der Waals surface area contributed by atoms with Gasteiger partial charge >= 0.3 is 0 Å². The van der Waals surface area contributed by atoms with Crippen LogP contribution in [0.5, 0.6) is 0 Å². The molecule has 0 spiro atoms. The lowest BCUT2D eigenvalue weighted by Crippen LogP contribution is -2.27. The minimum absolute atomic E-state index is 0.0686. The Morgan fingerprint density at radius 2 is 1.87 bits per heavy atom. The molecule has 0 atom stereocenters. The van der Waals surface area contributed by atoms with E-state index in [0.29, 0.717) is 28.8 Å². The summed E-state index contributed by atoms with van der Waals surface area (Å²) >= 11 is 0. The number of amides is 2. The van der Waals surface area contributed by atoms with Crippen LogP contribution in [0.2, 0.25) is 0 Å². The number of hydrogen-bond acceptors (Lipinski definition) is 5. The normalized spacial score (nSPS) is 15.3. The predicted molar refractivity (Wildman–Crippen MR) is 153 cm³/mol. The summed E-state index contributed by atoms with van der Waals surface area (Å²) in [5, 5.41) is 3.48. The van der Waals surface area contributed by atoms with Crippen LogP contribution in [-0.2, 0) is 0 Å². The van der Waals surface area contributed by atoms with Crippen LogP contribution < -0.4 is 11.1 Å². The lowest BCUT2D eigenvalue weighted by Gasteiger charge is -2.16. The molecule has 8 heteroatoms. The highest BCUT2D eigenvalue weighted by Crippen LogP contribution is 2.43. The quantitative estimate of drug-likeness (QED) is 0.325. The highest BCUT2D eigenvalue weighted by Gasteiger charge is 2.28. The van der Waals surface area contributed by atoms with Crippen molar-refractivity contribution in [1.82, 2.24) is 19.3 Å². The fourth-order valence-corrected chi connectivity index (χ4v) is 5.35. The number of primary amides is 1. The summed E-state index contributed by atoms with van der Waals surface area (Å²) in [5.74, 6) is 1.17. The second-order valence-corrected chi connectivity index (χ2v) is 11.1. The van der Waals surface area contributed by atoms with Crippen molar-refractivity contribution in [2.24, 2.45) is 11.7 Å². The van der Waals surface area contributed by atoms with Crippen LogP contribution in [0.4, 0.5) is 5.82 Å². The molecule has 2 aliphatic rings. The van der Waals surface area contributed by atoms with Crippen molar-refractivity contribution in [3.05, 3.63) is 71.5 Å². The molecule has 2 fully saturated rings. The number of hydrogen-bond donors (Lipinski definition) is 2. The van der Waals surface area contributed by atoms with Gasteiger partial charge in [-0.2, -0.15) is 0 Å². The van der Waals surface area contributed by atoms with Gasteiger partial charge in [0.2, 0.25) is 5.91 Å². The average molecular weight is 523 g/mol. The highest BCUT2D eigenvalue weighted by atomic mass is 16.2. The zero-order valence-corrected chi connectivity index (χ0v) is 22.5. The first-order chi connectivity index (χ1) is 18.9. The smallest absolute Gasteiger partial charge is 0.253 e.